The minimum atomic E-state index is -0.227. The fourth-order valence-electron chi connectivity index (χ4n) is 2.14. The second-order valence-corrected chi connectivity index (χ2v) is 4.99. The minimum absolute atomic E-state index is 0.227. The van der Waals surface area contributed by atoms with Gasteiger partial charge in [-0.15, -0.1) is 0 Å². The average Bonchev–Trinajstić information content (AvgIpc) is 2.63. The maximum atomic E-state index is 12.1. The molecule has 2 heterocycles. The Morgan fingerprint density at radius 2 is 1.78 bits per heavy atom. The third kappa shape index (κ3) is 3.52. The van der Waals surface area contributed by atoms with Crippen LogP contribution in [0, 0.1) is 0 Å². The standard InChI is InChI=1S/C18H16N4O/c1-22(15-7-3-2-4-8-15)16-9-10-17(20-13-16)21-18(23)14-6-5-11-19-12-14/h2-13H,1H3,(H,20,21,23). The summed E-state index contributed by atoms with van der Waals surface area (Å²) in [7, 11) is 1.97. The number of aromatic nitrogens is 2. The number of pyridine rings is 2. The van der Waals surface area contributed by atoms with Crippen LogP contribution in [0.25, 0.3) is 0 Å². The van der Waals surface area contributed by atoms with Crippen LogP contribution in [0.15, 0.2) is 73.2 Å². The predicted octanol–water partition coefficient (Wildman–Crippen LogP) is 3.50. The zero-order valence-corrected chi connectivity index (χ0v) is 12.7. The molecule has 5 nitrogen and oxygen atoms in total. The van der Waals surface area contributed by atoms with Gasteiger partial charge in [-0.05, 0) is 36.4 Å². The largest absolute Gasteiger partial charge is 0.343 e. The molecule has 2 aromatic heterocycles. The first-order valence-electron chi connectivity index (χ1n) is 7.20. The Hall–Kier alpha value is -3.21. The molecule has 1 amide bonds. The van der Waals surface area contributed by atoms with Gasteiger partial charge in [-0.3, -0.25) is 9.78 Å². The molecule has 0 aliphatic heterocycles. The van der Waals surface area contributed by atoms with Gasteiger partial charge in [-0.1, -0.05) is 18.2 Å². The van der Waals surface area contributed by atoms with E-state index in [1.165, 1.54) is 6.20 Å². The summed E-state index contributed by atoms with van der Waals surface area (Å²) in [5, 5.41) is 2.76. The Morgan fingerprint density at radius 1 is 0.957 bits per heavy atom. The number of nitrogens with zero attached hydrogens (tertiary/aromatic N) is 3. The van der Waals surface area contributed by atoms with E-state index in [1.807, 2.05) is 48.3 Å². The smallest absolute Gasteiger partial charge is 0.258 e. The minimum Gasteiger partial charge on any atom is -0.343 e. The van der Waals surface area contributed by atoms with Crippen LogP contribution in [0.2, 0.25) is 0 Å². The van der Waals surface area contributed by atoms with Gasteiger partial charge in [0.1, 0.15) is 5.82 Å². The third-order valence-corrected chi connectivity index (χ3v) is 3.44. The van der Waals surface area contributed by atoms with Crippen LogP contribution < -0.4 is 10.2 Å². The highest BCUT2D eigenvalue weighted by molar-refractivity contribution is 6.03. The number of nitrogens with one attached hydrogen (secondary N) is 1. The summed E-state index contributed by atoms with van der Waals surface area (Å²) >= 11 is 0. The van der Waals surface area contributed by atoms with Crippen LogP contribution in [0.4, 0.5) is 17.2 Å². The molecule has 0 bridgehead atoms. The lowest BCUT2D eigenvalue weighted by Crippen LogP contribution is -2.14. The Morgan fingerprint density at radius 3 is 2.43 bits per heavy atom. The normalized spacial score (nSPS) is 10.1. The van der Waals surface area contributed by atoms with Crippen molar-refractivity contribution in [2.45, 2.75) is 0 Å². The van der Waals surface area contributed by atoms with Gasteiger partial charge in [0.05, 0.1) is 17.4 Å². The molecule has 0 spiro atoms. The van der Waals surface area contributed by atoms with E-state index in [4.69, 9.17) is 0 Å². The number of hydrogen-bond acceptors (Lipinski definition) is 4. The quantitative estimate of drug-likeness (QED) is 0.801. The van der Waals surface area contributed by atoms with Crippen molar-refractivity contribution < 1.29 is 4.79 Å². The van der Waals surface area contributed by atoms with Crippen LogP contribution in [-0.4, -0.2) is 22.9 Å². The second kappa shape index (κ2) is 6.70. The van der Waals surface area contributed by atoms with Crippen molar-refractivity contribution in [3.63, 3.8) is 0 Å². The summed E-state index contributed by atoms with van der Waals surface area (Å²) in [6, 6.07) is 17.1. The molecule has 0 aliphatic rings. The van der Waals surface area contributed by atoms with E-state index in [1.54, 1.807) is 30.6 Å². The molecule has 3 aromatic rings. The molecule has 0 radical (unpaired) electrons. The molecule has 23 heavy (non-hydrogen) atoms. The summed E-state index contributed by atoms with van der Waals surface area (Å²) in [6.07, 6.45) is 4.88. The monoisotopic (exact) mass is 304 g/mol. The van der Waals surface area contributed by atoms with Crippen LogP contribution in [0.1, 0.15) is 10.4 Å². The fraction of sp³-hybridized carbons (Fsp3) is 0.0556. The Kier molecular flexibility index (Phi) is 4.29. The molecular formula is C18H16N4O. The summed E-state index contributed by atoms with van der Waals surface area (Å²) < 4.78 is 0. The predicted molar refractivity (Wildman–Crippen MR) is 90.9 cm³/mol. The molecule has 3 rings (SSSR count). The second-order valence-electron chi connectivity index (χ2n) is 4.99. The van der Waals surface area contributed by atoms with Gasteiger partial charge in [-0.2, -0.15) is 0 Å². The molecular weight excluding hydrogens is 288 g/mol. The van der Waals surface area contributed by atoms with Crippen molar-refractivity contribution in [3.8, 4) is 0 Å². The lowest BCUT2D eigenvalue weighted by Gasteiger charge is -2.19. The van der Waals surface area contributed by atoms with Gasteiger partial charge in [0, 0.05) is 25.1 Å². The molecule has 0 atom stereocenters. The van der Waals surface area contributed by atoms with E-state index < -0.39 is 0 Å². The number of hydrogen-bond donors (Lipinski definition) is 1. The van der Waals surface area contributed by atoms with E-state index in [9.17, 15) is 4.79 Å². The maximum Gasteiger partial charge on any atom is 0.258 e. The average molecular weight is 304 g/mol. The van der Waals surface area contributed by atoms with E-state index in [0.717, 1.165) is 11.4 Å². The van der Waals surface area contributed by atoms with Gasteiger partial charge in [0.15, 0.2) is 0 Å². The molecule has 0 unspecified atom stereocenters. The number of para-hydroxylation sites is 1. The highest BCUT2D eigenvalue weighted by Crippen LogP contribution is 2.23. The van der Waals surface area contributed by atoms with Crippen molar-refractivity contribution in [1.82, 2.24) is 9.97 Å². The highest BCUT2D eigenvalue weighted by Gasteiger charge is 2.08. The molecule has 5 heteroatoms. The van der Waals surface area contributed by atoms with Crippen molar-refractivity contribution in [2.75, 3.05) is 17.3 Å². The lowest BCUT2D eigenvalue weighted by atomic mass is 10.2. The van der Waals surface area contributed by atoms with Crippen molar-refractivity contribution in [3.05, 3.63) is 78.8 Å². The topological polar surface area (TPSA) is 58.1 Å². The maximum absolute atomic E-state index is 12.1. The molecule has 0 fully saturated rings. The molecule has 0 saturated heterocycles. The van der Waals surface area contributed by atoms with Crippen LogP contribution in [0.3, 0.4) is 0 Å². The number of benzene rings is 1. The van der Waals surface area contributed by atoms with Gasteiger partial charge >= 0.3 is 0 Å². The van der Waals surface area contributed by atoms with Crippen LogP contribution in [-0.2, 0) is 0 Å². The zero-order valence-electron chi connectivity index (χ0n) is 12.7. The first kappa shape index (κ1) is 14.7. The van der Waals surface area contributed by atoms with Gasteiger partial charge in [-0.25, -0.2) is 4.98 Å². The fourth-order valence-corrected chi connectivity index (χ4v) is 2.14. The van der Waals surface area contributed by atoms with Crippen molar-refractivity contribution in [2.24, 2.45) is 0 Å². The van der Waals surface area contributed by atoms with Crippen molar-refractivity contribution in [1.29, 1.82) is 0 Å². The zero-order chi connectivity index (χ0) is 16.1. The number of carbonyl (C=O) groups is 1. The van der Waals surface area contributed by atoms with E-state index in [-0.39, 0.29) is 5.91 Å². The number of carbonyl (C=O) groups excluding carboxylic acids is 1. The Balaban J connectivity index is 1.71. The molecule has 114 valence electrons. The van der Waals surface area contributed by atoms with Crippen LogP contribution in [0.5, 0.6) is 0 Å². The summed E-state index contributed by atoms with van der Waals surface area (Å²) in [5.41, 5.74) is 2.51. The highest BCUT2D eigenvalue weighted by atomic mass is 16.1. The summed E-state index contributed by atoms with van der Waals surface area (Å²) in [4.78, 5) is 22.3. The Bertz CT molecular complexity index is 773. The van der Waals surface area contributed by atoms with E-state index in [0.29, 0.717) is 11.4 Å². The molecule has 1 N–H and O–H groups in total. The SMILES string of the molecule is CN(c1ccccc1)c1ccc(NC(=O)c2cccnc2)nc1. The van der Waals surface area contributed by atoms with Gasteiger partial charge in [0.2, 0.25) is 0 Å². The third-order valence-electron chi connectivity index (χ3n) is 3.44. The first-order valence-corrected chi connectivity index (χ1v) is 7.20. The molecule has 0 aliphatic carbocycles. The Labute approximate surface area is 134 Å². The van der Waals surface area contributed by atoms with E-state index in [2.05, 4.69) is 15.3 Å². The molecule has 1 aromatic carbocycles. The molecule has 0 saturated carbocycles. The van der Waals surface area contributed by atoms with Crippen molar-refractivity contribution >= 4 is 23.1 Å². The van der Waals surface area contributed by atoms with E-state index >= 15 is 0 Å². The van der Waals surface area contributed by atoms with Gasteiger partial charge < -0.3 is 10.2 Å². The summed E-state index contributed by atoms with van der Waals surface area (Å²) in [6.45, 7) is 0. The number of amides is 1. The number of anilines is 3. The summed E-state index contributed by atoms with van der Waals surface area (Å²) in [5.74, 6) is 0.277. The first-order chi connectivity index (χ1) is 11.2. The van der Waals surface area contributed by atoms with Crippen LogP contribution >= 0.6 is 0 Å². The lowest BCUT2D eigenvalue weighted by molar-refractivity contribution is 0.102. The number of rotatable bonds is 4. The van der Waals surface area contributed by atoms with Gasteiger partial charge in [0.25, 0.3) is 5.91 Å².